The maximum atomic E-state index is 10.8. The molecule has 0 radical (unpaired) electrons. The second-order valence-corrected chi connectivity index (χ2v) is 6.51. The van der Waals surface area contributed by atoms with Gasteiger partial charge in [-0.3, -0.25) is 0 Å². The zero-order chi connectivity index (χ0) is 12.0. The number of hydrogen-bond donors (Lipinski definition) is 2. The van der Waals surface area contributed by atoms with Crippen LogP contribution in [0.2, 0.25) is 0 Å². The molecule has 0 amide bonds. The van der Waals surface area contributed by atoms with E-state index < -0.39 is 10.0 Å². The molecular weight excluding hydrogens is 224 g/mol. The van der Waals surface area contributed by atoms with E-state index in [-0.39, 0.29) is 0 Å². The Kier molecular flexibility index (Phi) is 5.72. The summed E-state index contributed by atoms with van der Waals surface area (Å²) in [6, 6.07) is 0.656. The molecule has 2 atom stereocenters. The van der Waals surface area contributed by atoms with Gasteiger partial charge in [0.1, 0.15) is 0 Å². The zero-order valence-corrected chi connectivity index (χ0v) is 11.1. The molecule has 0 aromatic carbocycles. The van der Waals surface area contributed by atoms with E-state index >= 15 is 0 Å². The molecular formula is C11H24N2O2S. The molecule has 1 fully saturated rings. The molecule has 4 nitrogen and oxygen atoms in total. The van der Waals surface area contributed by atoms with Crippen LogP contribution >= 0.6 is 0 Å². The van der Waals surface area contributed by atoms with Gasteiger partial charge in [0, 0.05) is 12.6 Å². The summed E-state index contributed by atoms with van der Waals surface area (Å²) >= 11 is 0. The highest BCUT2D eigenvalue weighted by atomic mass is 32.2. The third kappa shape index (κ3) is 5.27. The van der Waals surface area contributed by atoms with Gasteiger partial charge in [0.15, 0.2) is 0 Å². The molecule has 1 aliphatic carbocycles. The lowest BCUT2D eigenvalue weighted by Gasteiger charge is -2.19. The first kappa shape index (κ1) is 13.9. The zero-order valence-electron chi connectivity index (χ0n) is 10.3. The Morgan fingerprint density at radius 3 is 2.62 bits per heavy atom. The number of nitrogens with one attached hydrogen (secondary N) is 2. The smallest absolute Gasteiger partial charge is 0.208 e. The van der Waals surface area contributed by atoms with Crippen molar-refractivity contribution in [1.82, 2.24) is 10.0 Å². The van der Waals surface area contributed by atoms with E-state index in [0.717, 1.165) is 18.9 Å². The van der Waals surface area contributed by atoms with E-state index in [1.54, 1.807) is 0 Å². The quantitative estimate of drug-likeness (QED) is 0.663. The standard InChI is InChI=1S/C11H24N2O2S/c1-3-10-6-4-7-11(10)12-8-5-9-13-16(2,14)15/h10-13H,3-9H2,1-2H3. The lowest BCUT2D eigenvalue weighted by Crippen LogP contribution is -2.34. The van der Waals surface area contributed by atoms with Gasteiger partial charge in [-0.25, -0.2) is 13.1 Å². The van der Waals surface area contributed by atoms with Crippen molar-refractivity contribution in [3.8, 4) is 0 Å². The Morgan fingerprint density at radius 2 is 2.00 bits per heavy atom. The van der Waals surface area contributed by atoms with Gasteiger partial charge in [-0.1, -0.05) is 19.8 Å². The third-order valence-corrected chi connectivity index (χ3v) is 4.04. The van der Waals surface area contributed by atoms with Crippen molar-refractivity contribution < 1.29 is 8.42 Å². The summed E-state index contributed by atoms with van der Waals surface area (Å²) in [4.78, 5) is 0. The van der Waals surface area contributed by atoms with E-state index in [1.165, 1.54) is 31.9 Å². The predicted molar refractivity (Wildman–Crippen MR) is 66.9 cm³/mol. The second-order valence-electron chi connectivity index (χ2n) is 4.68. The summed E-state index contributed by atoms with van der Waals surface area (Å²) < 4.78 is 24.1. The molecule has 2 unspecified atom stereocenters. The van der Waals surface area contributed by atoms with E-state index in [4.69, 9.17) is 0 Å². The van der Waals surface area contributed by atoms with Gasteiger partial charge in [-0.15, -0.1) is 0 Å². The Bertz CT molecular complexity index is 290. The van der Waals surface area contributed by atoms with E-state index in [1.807, 2.05) is 0 Å². The SMILES string of the molecule is CCC1CCCC1NCCCNS(C)(=O)=O. The molecule has 0 spiro atoms. The molecule has 0 saturated heterocycles. The Labute approximate surface area is 99.2 Å². The van der Waals surface area contributed by atoms with Gasteiger partial charge >= 0.3 is 0 Å². The van der Waals surface area contributed by atoms with Gasteiger partial charge in [-0.2, -0.15) is 0 Å². The molecule has 5 heteroatoms. The lowest BCUT2D eigenvalue weighted by molar-refractivity contribution is 0.389. The first-order chi connectivity index (χ1) is 7.53. The van der Waals surface area contributed by atoms with Crippen molar-refractivity contribution in [1.29, 1.82) is 0 Å². The Balaban J connectivity index is 2.07. The third-order valence-electron chi connectivity index (χ3n) is 3.31. The summed E-state index contributed by atoms with van der Waals surface area (Å²) in [6.07, 6.45) is 7.26. The highest BCUT2D eigenvalue weighted by Crippen LogP contribution is 2.27. The molecule has 1 saturated carbocycles. The summed E-state index contributed by atoms with van der Waals surface area (Å²) in [6.45, 7) is 3.69. The topological polar surface area (TPSA) is 58.2 Å². The highest BCUT2D eigenvalue weighted by molar-refractivity contribution is 7.88. The molecule has 2 N–H and O–H groups in total. The van der Waals surface area contributed by atoms with Crippen LogP contribution in [0.5, 0.6) is 0 Å². The fourth-order valence-electron chi connectivity index (χ4n) is 2.43. The Hall–Kier alpha value is -0.130. The Morgan fingerprint density at radius 1 is 1.25 bits per heavy atom. The molecule has 1 rings (SSSR count). The van der Waals surface area contributed by atoms with Crippen LogP contribution in [0.25, 0.3) is 0 Å². The van der Waals surface area contributed by atoms with Crippen molar-refractivity contribution in [3.05, 3.63) is 0 Å². The van der Waals surface area contributed by atoms with Gasteiger partial charge in [0.25, 0.3) is 0 Å². The largest absolute Gasteiger partial charge is 0.314 e. The minimum atomic E-state index is -3.02. The average molecular weight is 248 g/mol. The first-order valence-electron chi connectivity index (χ1n) is 6.21. The molecule has 0 aliphatic heterocycles. The van der Waals surface area contributed by atoms with Gasteiger partial charge in [0.2, 0.25) is 10.0 Å². The van der Waals surface area contributed by atoms with E-state index in [9.17, 15) is 8.42 Å². The monoisotopic (exact) mass is 248 g/mol. The molecule has 0 heterocycles. The number of sulfonamides is 1. The van der Waals surface area contributed by atoms with Crippen molar-refractivity contribution in [2.45, 2.75) is 45.1 Å². The molecule has 0 aromatic rings. The van der Waals surface area contributed by atoms with E-state index in [0.29, 0.717) is 12.6 Å². The fraction of sp³-hybridized carbons (Fsp3) is 1.00. The van der Waals surface area contributed by atoms with E-state index in [2.05, 4.69) is 17.0 Å². The fourth-order valence-corrected chi connectivity index (χ4v) is 2.94. The number of rotatable bonds is 7. The van der Waals surface area contributed by atoms with Crippen molar-refractivity contribution >= 4 is 10.0 Å². The number of hydrogen-bond acceptors (Lipinski definition) is 3. The van der Waals surface area contributed by atoms with Crippen LogP contribution in [0.15, 0.2) is 0 Å². The second kappa shape index (κ2) is 6.57. The van der Waals surface area contributed by atoms with Crippen molar-refractivity contribution in [3.63, 3.8) is 0 Å². The first-order valence-corrected chi connectivity index (χ1v) is 8.10. The molecule has 1 aliphatic rings. The molecule has 16 heavy (non-hydrogen) atoms. The normalized spacial score (nSPS) is 26.1. The van der Waals surface area contributed by atoms with Crippen LogP contribution in [-0.2, 0) is 10.0 Å². The molecule has 96 valence electrons. The van der Waals surface area contributed by atoms with Gasteiger partial charge in [-0.05, 0) is 31.7 Å². The summed E-state index contributed by atoms with van der Waals surface area (Å²) in [5.74, 6) is 0.822. The van der Waals surface area contributed by atoms with Crippen LogP contribution in [0.3, 0.4) is 0 Å². The minimum Gasteiger partial charge on any atom is -0.314 e. The molecule has 0 aromatic heterocycles. The average Bonchev–Trinajstić information content (AvgIpc) is 2.63. The van der Waals surface area contributed by atoms with Crippen LogP contribution in [0, 0.1) is 5.92 Å². The van der Waals surface area contributed by atoms with Crippen LogP contribution in [0.4, 0.5) is 0 Å². The van der Waals surface area contributed by atoms with Gasteiger partial charge in [0.05, 0.1) is 6.26 Å². The highest BCUT2D eigenvalue weighted by Gasteiger charge is 2.24. The maximum absolute atomic E-state index is 10.8. The summed E-state index contributed by atoms with van der Waals surface area (Å²) in [7, 11) is -3.02. The minimum absolute atomic E-state index is 0.537. The van der Waals surface area contributed by atoms with Gasteiger partial charge < -0.3 is 5.32 Å². The molecule has 0 bridgehead atoms. The van der Waals surface area contributed by atoms with Crippen LogP contribution in [0.1, 0.15) is 39.0 Å². The predicted octanol–water partition coefficient (Wildman–Crippen LogP) is 1.09. The summed E-state index contributed by atoms with van der Waals surface area (Å²) in [5.41, 5.74) is 0. The van der Waals surface area contributed by atoms with Crippen molar-refractivity contribution in [2.75, 3.05) is 19.3 Å². The maximum Gasteiger partial charge on any atom is 0.208 e. The summed E-state index contributed by atoms with van der Waals surface area (Å²) in [5, 5.41) is 3.53. The van der Waals surface area contributed by atoms with Crippen LogP contribution < -0.4 is 10.0 Å². The van der Waals surface area contributed by atoms with Crippen molar-refractivity contribution in [2.24, 2.45) is 5.92 Å². The van der Waals surface area contributed by atoms with Crippen LogP contribution in [-0.4, -0.2) is 33.8 Å². The lowest BCUT2D eigenvalue weighted by atomic mass is 10.0.